The Kier molecular flexibility index (Phi) is 6.34. The molecular weight excluding hydrogens is 406 g/mol. The van der Waals surface area contributed by atoms with Gasteiger partial charge in [-0.1, -0.05) is 6.07 Å². The molecule has 166 valence electrons. The van der Waals surface area contributed by atoms with Gasteiger partial charge >= 0.3 is 12.6 Å². The minimum atomic E-state index is -2.91. The Morgan fingerprint density at radius 3 is 2.29 bits per heavy atom. The first-order valence-corrected chi connectivity index (χ1v) is 10.4. The van der Waals surface area contributed by atoms with Crippen molar-refractivity contribution in [3.05, 3.63) is 36.2 Å². The maximum absolute atomic E-state index is 12.6. The van der Waals surface area contributed by atoms with Crippen molar-refractivity contribution in [2.24, 2.45) is 0 Å². The number of alkyl halides is 2. The van der Waals surface area contributed by atoms with Gasteiger partial charge in [-0.2, -0.15) is 8.78 Å². The SMILES string of the molecule is Cc1nc(N2CCCC2)cc(N2CCN(C(=O)Nc3cccc(OC(F)F)c3)CC2)n1. The van der Waals surface area contributed by atoms with Crippen LogP contribution in [0.4, 0.5) is 30.9 Å². The molecule has 1 N–H and O–H groups in total. The minimum Gasteiger partial charge on any atom is -0.435 e. The Hall–Kier alpha value is -3.17. The van der Waals surface area contributed by atoms with Crippen molar-refractivity contribution in [2.75, 3.05) is 54.4 Å². The topological polar surface area (TPSA) is 73.8 Å². The molecule has 3 heterocycles. The van der Waals surface area contributed by atoms with Crippen molar-refractivity contribution in [2.45, 2.75) is 26.4 Å². The number of aromatic nitrogens is 2. The van der Waals surface area contributed by atoms with Crippen LogP contribution in [0.2, 0.25) is 0 Å². The molecule has 0 saturated carbocycles. The van der Waals surface area contributed by atoms with Crippen LogP contribution in [0, 0.1) is 6.92 Å². The number of hydrogen-bond donors (Lipinski definition) is 1. The molecule has 0 bridgehead atoms. The Bertz CT molecular complexity index is 914. The van der Waals surface area contributed by atoms with Gasteiger partial charge in [0.25, 0.3) is 0 Å². The summed E-state index contributed by atoms with van der Waals surface area (Å²) >= 11 is 0. The van der Waals surface area contributed by atoms with Crippen LogP contribution in [0.25, 0.3) is 0 Å². The largest absolute Gasteiger partial charge is 0.435 e. The molecule has 2 saturated heterocycles. The number of aryl methyl sites for hydroxylation is 1. The number of anilines is 3. The normalized spacial score (nSPS) is 16.7. The van der Waals surface area contributed by atoms with E-state index in [0.717, 1.165) is 30.5 Å². The van der Waals surface area contributed by atoms with Crippen molar-refractivity contribution in [1.82, 2.24) is 14.9 Å². The van der Waals surface area contributed by atoms with E-state index in [1.54, 1.807) is 17.0 Å². The molecular formula is C21H26F2N6O2. The average molecular weight is 432 g/mol. The van der Waals surface area contributed by atoms with E-state index >= 15 is 0 Å². The average Bonchev–Trinajstić information content (AvgIpc) is 3.28. The molecule has 1 aromatic carbocycles. The summed E-state index contributed by atoms with van der Waals surface area (Å²) in [7, 11) is 0. The molecule has 2 aliphatic heterocycles. The molecule has 4 rings (SSSR count). The fourth-order valence-corrected chi connectivity index (χ4v) is 3.90. The van der Waals surface area contributed by atoms with Crippen LogP contribution in [-0.4, -0.2) is 66.8 Å². The van der Waals surface area contributed by atoms with E-state index in [1.165, 1.54) is 25.0 Å². The molecule has 2 aliphatic rings. The third-order valence-electron chi connectivity index (χ3n) is 5.44. The third kappa shape index (κ3) is 5.31. The number of rotatable bonds is 5. The first-order chi connectivity index (χ1) is 15.0. The number of nitrogens with zero attached hydrogens (tertiary/aromatic N) is 5. The van der Waals surface area contributed by atoms with E-state index in [1.807, 2.05) is 13.0 Å². The maximum Gasteiger partial charge on any atom is 0.387 e. The monoisotopic (exact) mass is 432 g/mol. The van der Waals surface area contributed by atoms with Gasteiger partial charge in [-0.15, -0.1) is 0 Å². The number of ether oxygens (including phenoxy) is 1. The van der Waals surface area contributed by atoms with Crippen molar-refractivity contribution in [3.63, 3.8) is 0 Å². The smallest absolute Gasteiger partial charge is 0.387 e. The van der Waals surface area contributed by atoms with Gasteiger partial charge in [0.2, 0.25) is 0 Å². The highest BCUT2D eigenvalue weighted by molar-refractivity contribution is 5.89. The molecule has 1 aromatic heterocycles. The molecule has 0 aliphatic carbocycles. The Labute approximate surface area is 179 Å². The summed E-state index contributed by atoms with van der Waals surface area (Å²) < 4.78 is 29.2. The van der Waals surface area contributed by atoms with E-state index in [0.29, 0.717) is 31.9 Å². The second kappa shape index (κ2) is 9.32. The highest BCUT2D eigenvalue weighted by Gasteiger charge is 2.24. The van der Waals surface area contributed by atoms with Crippen LogP contribution in [0.15, 0.2) is 30.3 Å². The molecule has 10 heteroatoms. The first-order valence-electron chi connectivity index (χ1n) is 10.4. The zero-order valence-corrected chi connectivity index (χ0v) is 17.4. The summed E-state index contributed by atoms with van der Waals surface area (Å²) in [4.78, 5) is 27.9. The summed E-state index contributed by atoms with van der Waals surface area (Å²) in [6, 6.07) is 7.74. The van der Waals surface area contributed by atoms with Crippen LogP contribution in [0.5, 0.6) is 5.75 Å². The zero-order chi connectivity index (χ0) is 21.8. The summed E-state index contributed by atoms with van der Waals surface area (Å²) in [6.07, 6.45) is 2.37. The van der Waals surface area contributed by atoms with Crippen LogP contribution in [0.1, 0.15) is 18.7 Å². The number of amides is 2. The fourth-order valence-electron chi connectivity index (χ4n) is 3.90. The minimum absolute atomic E-state index is 0.00515. The van der Waals surface area contributed by atoms with Gasteiger partial charge in [0.05, 0.1) is 0 Å². The quantitative estimate of drug-likeness (QED) is 0.781. The first kappa shape index (κ1) is 21.1. The summed E-state index contributed by atoms with van der Waals surface area (Å²) in [5.74, 6) is 2.59. The summed E-state index contributed by atoms with van der Waals surface area (Å²) in [5, 5.41) is 2.75. The van der Waals surface area contributed by atoms with Gasteiger partial charge in [-0.25, -0.2) is 14.8 Å². The molecule has 2 aromatic rings. The van der Waals surface area contributed by atoms with Gasteiger partial charge < -0.3 is 24.8 Å². The highest BCUT2D eigenvalue weighted by atomic mass is 19.3. The lowest BCUT2D eigenvalue weighted by Gasteiger charge is -2.35. The number of carbonyl (C=O) groups excluding carboxylic acids is 1. The van der Waals surface area contributed by atoms with E-state index in [2.05, 4.69) is 29.8 Å². The second-order valence-corrected chi connectivity index (χ2v) is 7.64. The van der Waals surface area contributed by atoms with Crippen LogP contribution in [-0.2, 0) is 0 Å². The molecule has 0 radical (unpaired) electrons. The molecule has 8 nitrogen and oxygen atoms in total. The van der Waals surface area contributed by atoms with Crippen molar-refractivity contribution in [1.29, 1.82) is 0 Å². The number of carbonyl (C=O) groups is 1. The van der Waals surface area contributed by atoms with E-state index in [9.17, 15) is 13.6 Å². The molecule has 0 unspecified atom stereocenters. The fraction of sp³-hybridized carbons (Fsp3) is 0.476. The summed E-state index contributed by atoms with van der Waals surface area (Å²) in [6.45, 7) is 3.40. The zero-order valence-electron chi connectivity index (χ0n) is 17.4. The van der Waals surface area contributed by atoms with E-state index < -0.39 is 6.61 Å². The standard InChI is InChI=1S/C21H26F2N6O2/c1-15-24-18(27-7-2-3-8-27)14-19(25-15)28-9-11-29(12-10-28)21(30)26-16-5-4-6-17(13-16)31-20(22)23/h4-6,13-14,20H,2-3,7-12H2,1H3,(H,26,30). The van der Waals surface area contributed by atoms with Gasteiger partial charge in [0.1, 0.15) is 23.2 Å². The van der Waals surface area contributed by atoms with E-state index in [-0.39, 0.29) is 11.8 Å². The Balaban J connectivity index is 1.35. The van der Waals surface area contributed by atoms with Crippen LogP contribution in [0.3, 0.4) is 0 Å². The van der Waals surface area contributed by atoms with Crippen LogP contribution < -0.4 is 19.9 Å². The summed E-state index contributed by atoms with van der Waals surface area (Å²) in [5.41, 5.74) is 0.409. The second-order valence-electron chi connectivity index (χ2n) is 7.64. The van der Waals surface area contributed by atoms with Crippen LogP contribution >= 0.6 is 0 Å². The molecule has 0 spiro atoms. The van der Waals surface area contributed by atoms with Gasteiger partial charge in [-0.3, -0.25) is 0 Å². The third-order valence-corrected chi connectivity index (χ3v) is 5.44. The van der Waals surface area contributed by atoms with Crippen molar-refractivity contribution < 1.29 is 18.3 Å². The lowest BCUT2D eigenvalue weighted by Crippen LogP contribution is -2.50. The number of nitrogens with one attached hydrogen (secondary N) is 1. The highest BCUT2D eigenvalue weighted by Crippen LogP contribution is 2.24. The van der Waals surface area contributed by atoms with Crippen molar-refractivity contribution >= 4 is 23.4 Å². The Morgan fingerprint density at radius 2 is 1.65 bits per heavy atom. The van der Waals surface area contributed by atoms with Gasteiger partial charge in [0, 0.05) is 57.1 Å². The molecule has 2 fully saturated rings. The number of hydrogen-bond acceptors (Lipinski definition) is 6. The number of piperazine rings is 1. The maximum atomic E-state index is 12.6. The lowest BCUT2D eigenvalue weighted by atomic mass is 10.3. The molecule has 0 atom stereocenters. The van der Waals surface area contributed by atoms with Gasteiger partial charge in [0.15, 0.2) is 0 Å². The Morgan fingerprint density at radius 1 is 1.00 bits per heavy atom. The van der Waals surface area contributed by atoms with Crippen molar-refractivity contribution in [3.8, 4) is 5.75 Å². The van der Waals surface area contributed by atoms with Gasteiger partial charge in [-0.05, 0) is 31.9 Å². The number of halogens is 2. The predicted molar refractivity (Wildman–Crippen MR) is 114 cm³/mol. The van der Waals surface area contributed by atoms with E-state index in [4.69, 9.17) is 0 Å². The molecule has 2 amide bonds. The predicted octanol–water partition coefficient (Wildman–Crippen LogP) is 3.34. The molecule has 31 heavy (non-hydrogen) atoms. The lowest BCUT2D eigenvalue weighted by molar-refractivity contribution is -0.0498. The number of benzene rings is 1. The number of urea groups is 1.